The molecule has 0 saturated carbocycles. The smallest absolute Gasteiger partial charge is 0.189 e. The summed E-state index contributed by atoms with van der Waals surface area (Å²) in [6, 6.07) is 24.6. The van der Waals surface area contributed by atoms with Gasteiger partial charge in [-0.15, -0.1) is 45.3 Å². The van der Waals surface area contributed by atoms with Crippen molar-refractivity contribution in [3.63, 3.8) is 0 Å². The molecular weight excluding hydrogens is 1080 g/mol. The monoisotopic (exact) mass is 1140 g/mol. The highest BCUT2D eigenvalue weighted by atomic mass is 32.1. The molecule has 0 N–H and O–H groups in total. The van der Waals surface area contributed by atoms with Crippen LogP contribution in [0.4, 0.5) is 0 Å². The van der Waals surface area contributed by atoms with Gasteiger partial charge >= 0.3 is 0 Å². The van der Waals surface area contributed by atoms with Gasteiger partial charge in [0.25, 0.3) is 0 Å². The molecule has 4 aromatic carbocycles. The molecule has 8 aliphatic rings. The van der Waals surface area contributed by atoms with Crippen LogP contribution < -0.4 is 40.7 Å². The normalized spacial score (nSPS) is 11.2. The zero-order valence-corrected chi connectivity index (χ0v) is 50.9. The highest BCUT2D eigenvalue weighted by Gasteiger charge is 2.25. The third-order valence-electron chi connectivity index (χ3n) is 14.2. The van der Waals surface area contributed by atoms with Crippen molar-refractivity contribution in [1.29, 1.82) is 0 Å². The van der Waals surface area contributed by atoms with E-state index in [1.807, 2.05) is 65.8 Å². The van der Waals surface area contributed by atoms with Gasteiger partial charge in [-0.2, -0.15) is 0 Å². The lowest BCUT2D eigenvalue weighted by Gasteiger charge is -2.15. The summed E-state index contributed by atoms with van der Waals surface area (Å²) < 4.78 is 26.0. The molecule has 0 amide bonds. The van der Waals surface area contributed by atoms with Crippen molar-refractivity contribution >= 4 is 86.2 Å². The van der Waals surface area contributed by atoms with Crippen LogP contribution in [0.25, 0.3) is 83.2 Å². The van der Waals surface area contributed by atoms with Crippen LogP contribution in [0.1, 0.15) is 66.8 Å². The van der Waals surface area contributed by atoms with E-state index in [0.717, 1.165) is 105 Å². The fourth-order valence-electron chi connectivity index (χ4n) is 9.80. The second kappa shape index (κ2) is 22.8. The Bertz CT molecular complexity index is 4270. The third-order valence-corrected chi connectivity index (χ3v) is 19.3. The Hall–Kier alpha value is -7.76. The number of methoxy groups -OCH3 is 4. The van der Waals surface area contributed by atoms with Gasteiger partial charge < -0.3 is 18.9 Å². The van der Waals surface area contributed by atoms with E-state index < -0.39 is 0 Å². The highest BCUT2D eigenvalue weighted by molar-refractivity contribution is 7.22. The van der Waals surface area contributed by atoms with Crippen LogP contribution in [-0.2, 0) is 0 Å². The quantitative estimate of drug-likeness (QED) is 0.154. The lowest BCUT2D eigenvalue weighted by Crippen LogP contribution is -2.13. The molecule has 0 saturated heterocycles. The molecule has 0 unspecified atom stereocenters. The maximum absolute atomic E-state index is 12.3. The Labute approximate surface area is 479 Å². The largest absolute Gasteiger partial charge is 0.494 e. The molecule has 0 atom stereocenters. The predicted molar refractivity (Wildman–Crippen MR) is 333 cm³/mol. The number of aryl methyl sites for hydroxylation is 4. The second-order valence-electron chi connectivity index (χ2n) is 19.9. The van der Waals surface area contributed by atoms with Gasteiger partial charge in [0.1, 0.15) is 22.8 Å². The molecule has 4 aliphatic carbocycles. The van der Waals surface area contributed by atoms with E-state index in [1.54, 1.807) is 101 Å². The van der Waals surface area contributed by atoms with E-state index >= 15 is 0 Å². The van der Waals surface area contributed by atoms with Gasteiger partial charge in [-0.05, 0) is 154 Å². The summed E-state index contributed by atoms with van der Waals surface area (Å²) in [4.78, 5) is 71.5. The molecule has 0 aromatic heterocycles. The fourth-order valence-corrected chi connectivity index (χ4v) is 14.2. The Morgan fingerprint density at radius 1 is 0.287 bits per heavy atom. The van der Waals surface area contributed by atoms with Gasteiger partial charge in [0.2, 0.25) is 0 Å². The summed E-state index contributed by atoms with van der Waals surface area (Å²) in [6.07, 6.45) is 0. The number of hydrogen-bond acceptors (Lipinski definition) is 16. The molecular formula is C64H60N4O8S4. The van der Waals surface area contributed by atoms with Crippen molar-refractivity contribution in [2.75, 3.05) is 28.4 Å². The second-order valence-corrected chi connectivity index (χ2v) is 24.1. The molecule has 4 aliphatic heterocycles. The van der Waals surface area contributed by atoms with E-state index in [1.165, 1.54) is 22.3 Å². The number of ether oxygens (including phenoxy) is 4. The van der Waals surface area contributed by atoms with Crippen molar-refractivity contribution in [3.05, 3.63) is 180 Å². The molecule has 4 aromatic rings. The highest BCUT2D eigenvalue weighted by Crippen LogP contribution is 2.43. The van der Waals surface area contributed by atoms with Gasteiger partial charge in [-0.1, -0.05) is 24.3 Å². The number of nitrogens with zero attached hydrogens (tertiary/aromatic N) is 4. The molecule has 12 nitrogen and oxygen atoms in total. The van der Waals surface area contributed by atoms with Crippen molar-refractivity contribution in [2.24, 2.45) is 0 Å². The lowest BCUT2D eigenvalue weighted by molar-refractivity contribution is 0.411. The maximum atomic E-state index is 12.3. The first-order valence-corrected chi connectivity index (χ1v) is 28.9. The van der Waals surface area contributed by atoms with Gasteiger partial charge in [-0.25, -0.2) is 19.9 Å². The fraction of sp³-hybridized carbons (Fsp3) is 0.250. The zero-order valence-electron chi connectivity index (χ0n) is 47.6. The van der Waals surface area contributed by atoms with Crippen LogP contribution in [0.2, 0.25) is 0 Å². The standard InChI is InChI=1S/4C16H15NO2S/c2*1-8-5-6-12-11(7-8)17-13-15(19-4)9(2)14(18)10(3)16(13)20-12;2*1-8-5-6-11-12(7-8)20-16-10(3)14(18)9(2)15(19-4)13(16)17-11/h4*5-7H,1-4H3. The van der Waals surface area contributed by atoms with Gasteiger partial charge in [0.15, 0.2) is 44.7 Å². The van der Waals surface area contributed by atoms with E-state index in [0.29, 0.717) is 45.3 Å². The third kappa shape index (κ3) is 10.4. The summed E-state index contributed by atoms with van der Waals surface area (Å²) in [5, 5.41) is 0. The van der Waals surface area contributed by atoms with Crippen LogP contribution >= 0.6 is 45.3 Å². The van der Waals surface area contributed by atoms with Crippen LogP contribution in [0.3, 0.4) is 0 Å². The molecule has 4 heterocycles. The average Bonchev–Trinajstić information content (AvgIpc) is 3.51. The molecule has 408 valence electrons. The van der Waals surface area contributed by atoms with Crippen LogP contribution in [-0.4, -0.2) is 48.4 Å². The van der Waals surface area contributed by atoms with E-state index in [9.17, 15) is 19.2 Å². The van der Waals surface area contributed by atoms with Gasteiger partial charge in [-0.3, -0.25) is 19.2 Å². The minimum absolute atomic E-state index is 0.0406. The summed E-state index contributed by atoms with van der Waals surface area (Å²) >= 11 is 6.40. The Morgan fingerprint density at radius 3 is 0.800 bits per heavy atom. The molecule has 80 heavy (non-hydrogen) atoms. The molecule has 0 radical (unpaired) electrons. The minimum atomic E-state index is 0.0406. The van der Waals surface area contributed by atoms with Crippen molar-refractivity contribution < 1.29 is 18.9 Å². The number of hydrogen-bond donors (Lipinski definition) is 0. The average molecular weight is 1140 g/mol. The van der Waals surface area contributed by atoms with Crippen molar-refractivity contribution in [2.45, 2.75) is 83.1 Å². The number of aromatic nitrogens is 4. The minimum Gasteiger partial charge on any atom is -0.494 e. The topological polar surface area (TPSA) is 157 Å². The summed E-state index contributed by atoms with van der Waals surface area (Å²) in [5.41, 5.74) is 17.3. The molecule has 0 fully saturated rings. The predicted octanol–water partition coefficient (Wildman–Crippen LogP) is 14.8. The molecule has 12 rings (SSSR count). The number of fused-ring (bicyclic) bond motifs is 8. The molecule has 0 bridgehead atoms. The Kier molecular flexibility index (Phi) is 16.2. The first kappa shape index (κ1) is 56.9. The lowest BCUT2D eigenvalue weighted by atomic mass is 10.1. The number of rotatable bonds is 4. The summed E-state index contributed by atoms with van der Waals surface area (Å²) in [5.74, 6) is 2.37. The van der Waals surface area contributed by atoms with Crippen LogP contribution in [0.5, 0.6) is 23.0 Å². The Morgan fingerprint density at radius 2 is 0.525 bits per heavy atom. The summed E-state index contributed by atoms with van der Waals surface area (Å²) in [6.45, 7) is 22.8. The first-order chi connectivity index (χ1) is 38.1. The van der Waals surface area contributed by atoms with E-state index in [2.05, 4.69) is 62.4 Å². The maximum Gasteiger partial charge on any atom is 0.189 e. The van der Waals surface area contributed by atoms with Gasteiger partial charge in [0.05, 0.1) is 88.8 Å². The number of benzene rings is 8. The van der Waals surface area contributed by atoms with Crippen molar-refractivity contribution in [3.8, 4) is 65.3 Å². The molecule has 0 spiro atoms. The zero-order chi connectivity index (χ0) is 57.8. The SMILES string of the molecule is COc1c2nc3cc(C)ccc3sc-2c(C)c(=O)c1C.COc1c2nc3cc(C)ccc3sc-2c(C)c(=O)c1C.COc1c2nc3ccc(C)cc3sc-2c(C)c(=O)c1C.COc1c2nc3ccc(C)cc3sc-2c(C)c(=O)c1C. The van der Waals surface area contributed by atoms with Crippen LogP contribution in [0, 0.1) is 83.1 Å². The Balaban J connectivity index is 0.000000129. The molecule has 16 heteroatoms. The van der Waals surface area contributed by atoms with Gasteiger partial charge in [0, 0.05) is 44.5 Å². The van der Waals surface area contributed by atoms with Crippen molar-refractivity contribution in [1.82, 2.24) is 19.9 Å². The first-order valence-electron chi connectivity index (χ1n) is 25.6. The summed E-state index contributed by atoms with van der Waals surface area (Å²) in [7, 11) is 6.34. The van der Waals surface area contributed by atoms with E-state index in [-0.39, 0.29) is 21.7 Å². The van der Waals surface area contributed by atoms with Crippen LogP contribution in [0.15, 0.2) is 92.0 Å². The van der Waals surface area contributed by atoms with E-state index in [4.69, 9.17) is 38.9 Å².